The van der Waals surface area contributed by atoms with Crippen LogP contribution in [-0.4, -0.2) is 24.0 Å². The van der Waals surface area contributed by atoms with Crippen LogP contribution in [0, 0.1) is 6.92 Å². The van der Waals surface area contributed by atoms with Gasteiger partial charge in [-0.25, -0.2) is 0 Å². The lowest BCUT2D eigenvalue weighted by molar-refractivity contribution is 0.0810. The molecule has 3 nitrogen and oxygen atoms in total. The van der Waals surface area contributed by atoms with Crippen molar-refractivity contribution in [1.82, 2.24) is 4.90 Å². The second kappa shape index (κ2) is 5.23. The van der Waals surface area contributed by atoms with E-state index in [0.29, 0.717) is 6.04 Å². The van der Waals surface area contributed by atoms with E-state index in [2.05, 4.69) is 24.9 Å². The molecular weight excluding hydrogens is 212 g/mol. The third kappa shape index (κ3) is 2.55. The van der Waals surface area contributed by atoms with Crippen molar-refractivity contribution in [2.75, 3.05) is 7.05 Å². The number of nitrogens with two attached hydrogens (primary N) is 1. The minimum absolute atomic E-state index is 0.145. The van der Waals surface area contributed by atoms with Crippen LogP contribution in [0.2, 0.25) is 0 Å². The molecule has 2 N–H and O–H groups in total. The number of rotatable bonds is 5. The second-order valence-corrected chi connectivity index (χ2v) is 5.22. The van der Waals surface area contributed by atoms with Gasteiger partial charge in [-0.2, -0.15) is 0 Å². The van der Waals surface area contributed by atoms with Gasteiger partial charge in [0.25, 0.3) is 0 Å². The van der Waals surface area contributed by atoms with E-state index in [1.165, 1.54) is 19.3 Å². The van der Waals surface area contributed by atoms with E-state index < -0.39 is 0 Å². The molecule has 0 bridgehead atoms. The van der Waals surface area contributed by atoms with Gasteiger partial charge in [-0.1, -0.05) is 13.3 Å². The molecular formula is C14H24N2O. The van der Waals surface area contributed by atoms with Crippen LogP contribution in [0.1, 0.15) is 50.2 Å². The molecule has 1 fully saturated rings. The molecule has 1 aliphatic carbocycles. The van der Waals surface area contributed by atoms with E-state index >= 15 is 0 Å². The zero-order chi connectivity index (χ0) is 12.4. The van der Waals surface area contributed by atoms with Crippen LogP contribution < -0.4 is 5.73 Å². The topological polar surface area (TPSA) is 42.4 Å². The Morgan fingerprint density at radius 2 is 2.18 bits per heavy atom. The average molecular weight is 236 g/mol. The van der Waals surface area contributed by atoms with Crippen molar-refractivity contribution in [2.24, 2.45) is 5.73 Å². The largest absolute Gasteiger partial charge is 0.465 e. The van der Waals surface area contributed by atoms with Crippen LogP contribution in [0.5, 0.6) is 0 Å². The molecule has 17 heavy (non-hydrogen) atoms. The summed E-state index contributed by atoms with van der Waals surface area (Å²) in [7, 11) is 2.18. The van der Waals surface area contributed by atoms with Crippen molar-refractivity contribution in [3.05, 3.63) is 23.7 Å². The molecule has 3 heteroatoms. The van der Waals surface area contributed by atoms with Crippen LogP contribution in [0.3, 0.4) is 0 Å². The molecule has 1 aromatic heterocycles. The van der Waals surface area contributed by atoms with Gasteiger partial charge < -0.3 is 10.2 Å². The minimum Gasteiger partial charge on any atom is -0.465 e. The van der Waals surface area contributed by atoms with Crippen LogP contribution in [0.4, 0.5) is 0 Å². The van der Waals surface area contributed by atoms with Crippen LogP contribution in [0.15, 0.2) is 16.5 Å². The molecule has 1 aliphatic rings. The monoisotopic (exact) mass is 236 g/mol. The van der Waals surface area contributed by atoms with Gasteiger partial charge in [0.15, 0.2) is 0 Å². The zero-order valence-electron chi connectivity index (χ0n) is 11.1. The highest BCUT2D eigenvalue weighted by atomic mass is 16.3. The first kappa shape index (κ1) is 12.7. The highest BCUT2D eigenvalue weighted by Gasteiger charge is 2.33. The van der Waals surface area contributed by atoms with Gasteiger partial charge in [0, 0.05) is 12.1 Å². The van der Waals surface area contributed by atoms with Crippen molar-refractivity contribution < 1.29 is 4.42 Å². The van der Waals surface area contributed by atoms with E-state index in [1.807, 2.05) is 13.0 Å². The fourth-order valence-electron chi connectivity index (χ4n) is 2.57. The van der Waals surface area contributed by atoms with Gasteiger partial charge >= 0.3 is 0 Å². The van der Waals surface area contributed by atoms with E-state index in [9.17, 15) is 0 Å². The lowest BCUT2D eigenvalue weighted by atomic mass is 9.89. The predicted octanol–water partition coefficient (Wildman–Crippen LogP) is 2.85. The highest BCUT2D eigenvalue weighted by molar-refractivity contribution is 5.12. The first-order valence-corrected chi connectivity index (χ1v) is 6.67. The Hall–Kier alpha value is -0.800. The fraction of sp³-hybridized carbons (Fsp3) is 0.714. The number of nitrogens with zero attached hydrogens (tertiary/aromatic N) is 1. The summed E-state index contributed by atoms with van der Waals surface area (Å²) in [6.45, 7) is 4.13. The third-order valence-corrected chi connectivity index (χ3v) is 4.02. The van der Waals surface area contributed by atoms with Crippen molar-refractivity contribution in [3.8, 4) is 0 Å². The summed E-state index contributed by atoms with van der Waals surface area (Å²) in [6, 6.07) is 5.15. The average Bonchev–Trinajstić information content (AvgIpc) is 2.62. The van der Waals surface area contributed by atoms with Crippen LogP contribution >= 0.6 is 0 Å². The third-order valence-electron chi connectivity index (χ3n) is 4.02. The first-order valence-electron chi connectivity index (χ1n) is 6.67. The fourth-order valence-corrected chi connectivity index (χ4v) is 2.57. The second-order valence-electron chi connectivity index (χ2n) is 5.22. The Bertz CT molecular complexity index is 357. The van der Waals surface area contributed by atoms with Gasteiger partial charge in [0.2, 0.25) is 0 Å². The van der Waals surface area contributed by atoms with Crippen molar-refractivity contribution in [3.63, 3.8) is 0 Å². The smallest absolute Gasteiger partial charge is 0.122 e. The quantitative estimate of drug-likeness (QED) is 0.854. The molecule has 2 atom stereocenters. The van der Waals surface area contributed by atoms with Crippen LogP contribution in [0.25, 0.3) is 0 Å². The van der Waals surface area contributed by atoms with Crippen molar-refractivity contribution in [2.45, 2.75) is 57.7 Å². The molecule has 1 saturated carbocycles. The molecule has 1 heterocycles. The molecule has 0 saturated heterocycles. The van der Waals surface area contributed by atoms with E-state index in [0.717, 1.165) is 17.9 Å². The summed E-state index contributed by atoms with van der Waals surface area (Å²) in [4.78, 5) is 2.41. The summed E-state index contributed by atoms with van der Waals surface area (Å²) in [5.74, 6) is 1.99. The Morgan fingerprint density at radius 3 is 2.59 bits per heavy atom. The number of aryl methyl sites for hydroxylation is 1. The number of likely N-dealkylation sites (N-methyl/N-ethyl adjacent to an activating group) is 1. The molecule has 0 spiro atoms. The Balaban J connectivity index is 2.17. The van der Waals surface area contributed by atoms with E-state index in [4.69, 9.17) is 10.2 Å². The highest BCUT2D eigenvalue weighted by Crippen LogP contribution is 2.33. The van der Waals surface area contributed by atoms with E-state index in [1.54, 1.807) is 0 Å². The molecule has 96 valence electrons. The lowest BCUT2D eigenvalue weighted by Gasteiger charge is -2.41. The normalized spacial score (nSPS) is 20.3. The summed E-state index contributed by atoms with van der Waals surface area (Å²) in [5.41, 5.74) is 6.27. The van der Waals surface area contributed by atoms with Gasteiger partial charge in [0.05, 0.1) is 6.04 Å². The first-order chi connectivity index (χ1) is 8.13. The molecule has 0 radical (unpaired) electrons. The van der Waals surface area contributed by atoms with Crippen molar-refractivity contribution in [1.29, 1.82) is 0 Å². The molecule has 2 rings (SSSR count). The molecule has 0 amide bonds. The predicted molar refractivity (Wildman–Crippen MR) is 69.9 cm³/mol. The number of hydrogen-bond donors (Lipinski definition) is 1. The molecule has 2 unspecified atom stereocenters. The molecule has 0 aliphatic heterocycles. The van der Waals surface area contributed by atoms with Crippen molar-refractivity contribution >= 4 is 0 Å². The van der Waals surface area contributed by atoms with Crippen LogP contribution in [-0.2, 0) is 0 Å². The maximum Gasteiger partial charge on any atom is 0.122 e. The summed E-state index contributed by atoms with van der Waals surface area (Å²) in [6.07, 6.45) is 4.91. The number of furan rings is 1. The van der Waals surface area contributed by atoms with E-state index in [-0.39, 0.29) is 12.1 Å². The van der Waals surface area contributed by atoms with Gasteiger partial charge in [0.1, 0.15) is 11.5 Å². The zero-order valence-corrected chi connectivity index (χ0v) is 11.1. The maximum atomic E-state index is 6.27. The Labute approximate surface area is 104 Å². The summed E-state index contributed by atoms with van der Waals surface area (Å²) in [5, 5.41) is 0. The Kier molecular flexibility index (Phi) is 3.89. The number of hydrogen-bond acceptors (Lipinski definition) is 3. The summed E-state index contributed by atoms with van der Waals surface area (Å²) < 4.78 is 5.79. The Morgan fingerprint density at radius 1 is 1.47 bits per heavy atom. The van der Waals surface area contributed by atoms with Gasteiger partial charge in [-0.15, -0.1) is 0 Å². The van der Waals surface area contributed by atoms with Gasteiger partial charge in [-0.05, 0) is 45.4 Å². The SMILES string of the molecule is CCC(N)C(c1ccc(C)o1)N(C)C1CCC1. The summed E-state index contributed by atoms with van der Waals surface area (Å²) >= 11 is 0. The molecule has 1 aromatic rings. The molecule has 0 aromatic carbocycles. The standard InChI is InChI=1S/C14H24N2O/c1-4-12(15)14(13-9-8-10(2)17-13)16(3)11-6-5-7-11/h8-9,11-12,14H,4-7,15H2,1-3H3. The minimum atomic E-state index is 0.145. The van der Waals surface area contributed by atoms with Gasteiger partial charge in [-0.3, -0.25) is 4.90 Å². The maximum absolute atomic E-state index is 6.27. The lowest BCUT2D eigenvalue weighted by Crippen LogP contribution is -2.46.